The van der Waals surface area contributed by atoms with Crippen LogP contribution in [0.25, 0.3) is 6.08 Å². The largest absolute Gasteiger partial charge is 0.507 e. The molecular formula is C21H16N4O5S. The summed E-state index contributed by atoms with van der Waals surface area (Å²) in [6, 6.07) is 11.3. The van der Waals surface area contributed by atoms with Crippen LogP contribution in [0.1, 0.15) is 18.1 Å². The molecule has 0 amide bonds. The molecule has 0 bridgehead atoms. The number of aromatic hydroxyl groups is 1. The monoisotopic (exact) mass is 436 g/mol. The van der Waals surface area contributed by atoms with Gasteiger partial charge in [0.15, 0.2) is 0 Å². The number of nitrogens with one attached hydrogen (secondary N) is 1. The van der Waals surface area contributed by atoms with Crippen LogP contribution in [-0.2, 0) is 0 Å². The minimum absolute atomic E-state index is 0.0336. The van der Waals surface area contributed by atoms with Crippen LogP contribution in [0.4, 0.5) is 17.1 Å². The average Bonchev–Trinajstić information content (AvgIpc) is 3.13. The molecule has 0 saturated heterocycles. The molecule has 0 unspecified atom stereocenters. The fourth-order valence-electron chi connectivity index (χ4n) is 3.19. The number of hydrogen-bond acceptors (Lipinski definition) is 9. The van der Waals surface area contributed by atoms with Crippen molar-refractivity contribution in [2.24, 2.45) is 5.10 Å². The Labute approximate surface area is 180 Å². The second kappa shape index (κ2) is 8.07. The number of nitro groups is 1. The maximum Gasteiger partial charge on any atom is 0.270 e. The van der Waals surface area contributed by atoms with E-state index < -0.39 is 15.8 Å². The molecule has 3 aromatic carbocycles. The number of rotatable bonds is 6. The normalized spacial score (nSPS) is 14.5. The van der Waals surface area contributed by atoms with E-state index in [1.807, 2.05) is 36.1 Å². The number of anilines is 2. The third-order valence-corrected chi connectivity index (χ3v) is 5.88. The van der Waals surface area contributed by atoms with E-state index in [-0.39, 0.29) is 28.3 Å². The van der Waals surface area contributed by atoms with E-state index in [0.29, 0.717) is 6.54 Å². The Hall–Kier alpha value is -3.92. The lowest BCUT2D eigenvalue weighted by atomic mass is 10.1. The number of nitrogens with zero attached hydrogens (tertiary/aromatic N) is 3. The highest BCUT2D eigenvalue weighted by Crippen LogP contribution is 2.46. The molecular weight excluding hydrogens is 420 g/mol. The molecule has 10 heteroatoms. The van der Waals surface area contributed by atoms with E-state index in [1.54, 1.807) is 6.08 Å². The van der Waals surface area contributed by atoms with E-state index >= 15 is 0 Å². The molecule has 0 fully saturated rings. The number of benzene rings is 2. The van der Waals surface area contributed by atoms with Crippen LogP contribution < -0.4 is 21.2 Å². The molecule has 0 radical (unpaired) electrons. The number of para-hydroxylation sites is 1. The topological polar surface area (TPSA) is 125 Å². The highest BCUT2D eigenvalue weighted by atomic mass is 32.2. The number of phenolic OH excluding ortho intramolecular Hbond substituents is 1. The number of fused-ring (bicyclic) bond motifs is 1. The first-order chi connectivity index (χ1) is 14.9. The van der Waals surface area contributed by atoms with Crippen LogP contribution in [-0.4, -0.2) is 22.8 Å². The Morgan fingerprint density at radius 3 is 2.74 bits per heavy atom. The van der Waals surface area contributed by atoms with Gasteiger partial charge in [-0.1, -0.05) is 23.9 Å². The highest BCUT2D eigenvalue weighted by Gasteiger charge is 2.26. The van der Waals surface area contributed by atoms with Crippen molar-refractivity contribution in [1.82, 2.24) is 0 Å². The Morgan fingerprint density at radius 2 is 2.00 bits per heavy atom. The zero-order valence-corrected chi connectivity index (χ0v) is 17.0. The first-order valence-corrected chi connectivity index (χ1v) is 10.1. The number of hydrogen-bond donors (Lipinski definition) is 2. The summed E-state index contributed by atoms with van der Waals surface area (Å²) in [5, 5.41) is 25.4. The summed E-state index contributed by atoms with van der Waals surface area (Å²) in [7, 11) is 0. The van der Waals surface area contributed by atoms with Crippen LogP contribution in [0.5, 0.6) is 5.75 Å². The van der Waals surface area contributed by atoms with Crippen molar-refractivity contribution >= 4 is 41.1 Å². The predicted octanol–water partition coefficient (Wildman–Crippen LogP) is 3.27. The van der Waals surface area contributed by atoms with Crippen LogP contribution in [0, 0.1) is 10.1 Å². The van der Waals surface area contributed by atoms with Crippen LogP contribution >= 0.6 is 11.8 Å². The molecule has 1 aliphatic rings. The van der Waals surface area contributed by atoms with Crippen molar-refractivity contribution in [3.63, 3.8) is 0 Å². The molecule has 0 aliphatic carbocycles. The van der Waals surface area contributed by atoms with Gasteiger partial charge in [-0.05, 0) is 31.2 Å². The number of hydrazone groups is 1. The molecule has 0 saturated carbocycles. The van der Waals surface area contributed by atoms with Gasteiger partial charge in [0.2, 0.25) is 5.43 Å². The Morgan fingerprint density at radius 1 is 1.23 bits per heavy atom. The third kappa shape index (κ3) is 3.68. The summed E-state index contributed by atoms with van der Waals surface area (Å²) in [6.07, 6.45) is 2.80. The van der Waals surface area contributed by atoms with Gasteiger partial charge in [0.05, 0.1) is 27.4 Å². The Kier molecular flexibility index (Phi) is 5.30. The lowest BCUT2D eigenvalue weighted by molar-refractivity contribution is -0.384. The van der Waals surface area contributed by atoms with Crippen molar-refractivity contribution in [3.05, 3.63) is 89.2 Å². The number of non-ortho nitro benzene ring substituents is 1. The second-order valence-electron chi connectivity index (χ2n) is 6.61. The summed E-state index contributed by atoms with van der Waals surface area (Å²) in [5.74, 6) is -0.206. The maximum atomic E-state index is 12.1. The quantitative estimate of drug-likeness (QED) is 0.261. The summed E-state index contributed by atoms with van der Waals surface area (Å²) >= 11 is 1.50. The van der Waals surface area contributed by atoms with E-state index in [4.69, 9.17) is 0 Å². The first-order valence-electron chi connectivity index (χ1n) is 9.26. The van der Waals surface area contributed by atoms with Gasteiger partial charge in [-0.3, -0.25) is 25.1 Å². The molecule has 2 N–H and O–H groups in total. The third-order valence-electron chi connectivity index (χ3n) is 4.77. The summed E-state index contributed by atoms with van der Waals surface area (Å²) in [6.45, 7) is 2.69. The fourth-order valence-corrected chi connectivity index (χ4v) is 4.36. The summed E-state index contributed by atoms with van der Waals surface area (Å²) in [4.78, 5) is 37.6. The molecule has 1 heterocycles. The van der Waals surface area contributed by atoms with E-state index in [0.717, 1.165) is 34.0 Å². The van der Waals surface area contributed by atoms with Gasteiger partial charge in [-0.25, -0.2) is 0 Å². The van der Waals surface area contributed by atoms with Gasteiger partial charge in [-0.2, -0.15) is 5.10 Å². The summed E-state index contributed by atoms with van der Waals surface area (Å²) in [5.41, 5.74) is 2.38. The standard InChI is InChI=1S/C21H16N4O5S/c1-2-24-15-5-3-4-6-17(15)31-18(24)10-14-19(21(28)20(14)27)23-22-11-12-9-13(25(29)30)7-8-16(12)26/h3-11,23,26H,2H2,1H3. The molecule has 0 spiro atoms. The van der Waals surface area contributed by atoms with Crippen molar-refractivity contribution in [2.75, 3.05) is 16.9 Å². The van der Waals surface area contributed by atoms with Gasteiger partial charge in [0, 0.05) is 29.1 Å². The van der Waals surface area contributed by atoms with Crippen molar-refractivity contribution in [1.29, 1.82) is 0 Å². The lowest BCUT2D eigenvalue weighted by Gasteiger charge is -2.18. The lowest BCUT2D eigenvalue weighted by Crippen LogP contribution is -2.36. The molecule has 0 aromatic heterocycles. The number of nitro benzene ring substituents is 1. The Bertz CT molecular complexity index is 1320. The van der Waals surface area contributed by atoms with Crippen LogP contribution in [0.15, 0.2) is 67.1 Å². The molecule has 0 atom stereocenters. The number of phenols is 1. The highest BCUT2D eigenvalue weighted by molar-refractivity contribution is 8.03. The maximum absolute atomic E-state index is 12.1. The van der Waals surface area contributed by atoms with Crippen molar-refractivity contribution in [2.45, 2.75) is 11.8 Å². The molecule has 156 valence electrons. The zero-order valence-electron chi connectivity index (χ0n) is 16.2. The minimum atomic E-state index is -0.698. The van der Waals surface area contributed by atoms with Crippen molar-refractivity contribution < 1.29 is 10.0 Å². The van der Waals surface area contributed by atoms with E-state index in [2.05, 4.69) is 10.5 Å². The zero-order chi connectivity index (χ0) is 22.1. The molecule has 4 rings (SSSR count). The van der Waals surface area contributed by atoms with Gasteiger partial charge >= 0.3 is 0 Å². The fraction of sp³-hybridized carbons (Fsp3) is 0.0952. The van der Waals surface area contributed by atoms with Crippen LogP contribution in [0.2, 0.25) is 0 Å². The number of thioether (sulfide) groups is 1. The summed E-state index contributed by atoms with van der Waals surface area (Å²) < 4.78 is 0. The minimum Gasteiger partial charge on any atom is -0.507 e. The van der Waals surface area contributed by atoms with E-state index in [9.17, 15) is 24.8 Å². The molecule has 3 aromatic rings. The molecule has 31 heavy (non-hydrogen) atoms. The van der Waals surface area contributed by atoms with Gasteiger partial charge in [0.1, 0.15) is 11.4 Å². The van der Waals surface area contributed by atoms with Crippen LogP contribution in [0.3, 0.4) is 0 Å². The smallest absolute Gasteiger partial charge is 0.270 e. The SMILES string of the molecule is CCN1C(=Cc2c(NN=Cc3cc([N+](=O)[O-])ccc3O)c(=O)c2=O)Sc2ccccc21. The average molecular weight is 436 g/mol. The predicted molar refractivity (Wildman–Crippen MR) is 121 cm³/mol. The molecule has 9 nitrogen and oxygen atoms in total. The second-order valence-corrected chi connectivity index (χ2v) is 7.68. The Balaban J connectivity index is 1.59. The van der Waals surface area contributed by atoms with E-state index in [1.165, 1.54) is 17.8 Å². The van der Waals surface area contributed by atoms with Gasteiger partial charge in [-0.15, -0.1) is 0 Å². The molecule has 1 aliphatic heterocycles. The van der Waals surface area contributed by atoms with Crippen molar-refractivity contribution in [3.8, 4) is 5.75 Å². The van der Waals surface area contributed by atoms with Gasteiger partial charge < -0.3 is 10.0 Å². The van der Waals surface area contributed by atoms with Gasteiger partial charge in [0.25, 0.3) is 11.1 Å². The first kappa shape index (κ1) is 20.4.